The van der Waals surface area contributed by atoms with Gasteiger partial charge in [-0.05, 0) is 23.4 Å². The lowest BCUT2D eigenvalue weighted by molar-refractivity contribution is -0.386. The second kappa shape index (κ2) is 7.49. The van der Waals surface area contributed by atoms with Crippen molar-refractivity contribution in [3.8, 4) is 17.7 Å². The summed E-state index contributed by atoms with van der Waals surface area (Å²) in [6, 6.07) is 11.3. The minimum atomic E-state index is -0.572. The molecule has 26 heavy (non-hydrogen) atoms. The topological polar surface area (TPSA) is 156 Å². The van der Waals surface area contributed by atoms with E-state index < -0.39 is 4.92 Å². The van der Waals surface area contributed by atoms with Gasteiger partial charge in [0.1, 0.15) is 17.4 Å². The van der Waals surface area contributed by atoms with Crippen LogP contribution in [0.1, 0.15) is 5.82 Å². The molecule has 2 aromatic heterocycles. The van der Waals surface area contributed by atoms with Crippen molar-refractivity contribution in [2.75, 3.05) is 5.32 Å². The summed E-state index contributed by atoms with van der Waals surface area (Å²) < 4.78 is 5.50. The zero-order chi connectivity index (χ0) is 18.4. The number of allylic oxidation sites excluding steroid dienone is 1. The maximum absolute atomic E-state index is 11.0. The first-order valence-electron chi connectivity index (χ1n) is 7.15. The van der Waals surface area contributed by atoms with Gasteiger partial charge in [-0.25, -0.2) is 4.98 Å². The molecule has 11 heteroatoms. The molecule has 0 fully saturated rings. The monoisotopic (exact) mass is 350 g/mol. The second-order valence-electron chi connectivity index (χ2n) is 4.76. The van der Waals surface area contributed by atoms with Crippen molar-refractivity contribution in [3.05, 3.63) is 64.7 Å². The molecule has 1 aromatic carbocycles. The zero-order valence-corrected chi connectivity index (χ0v) is 13.0. The van der Waals surface area contributed by atoms with Crippen LogP contribution in [-0.4, -0.2) is 30.5 Å². The van der Waals surface area contributed by atoms with Crippen LogP contribution in [-0.2, 0) is 0 Å². The Labute approximate surface area is 146 Å². The molecule has 3 aromatic rings. The molecule has 0 radical (unpaired) electrons. The first-order chi connectivity index (χ1) is 12.7. The number of aromatic amines is 1. The van der Waals surface area contributed by atoms with E-state index in [9.17, 15) is 10.1 Å². The summed E-state index contributed by atoms with van der Waals surface area (Å²) in [6.07, 6.45) is 2.81. The Morgan fingerprint density at radius 1 is 1.38 bits per heavy atom. The number of hydrogen-bond donors (Lipinski definition) is 2. The number of nitriles is 1. The number of nitro groups is 1. The number of benzene rings is 1. The molecule has 2 heterocycles. The van der Waals surface area contributed by atoms with Gasteiger partial charge in [0, 0.05) is 30.2 Å². The summed E-state index contributed by atoms with van der Waals surface area (Å²) in [5, 5.41) is 36.2. The molecule has 3 rings (SSSR count). The highest BCUT2D eigenvalue weighted by Crippen LogP contribution is 2.29. The summed E-state index contributed by atoms with van der Waals surface area (Å²) in [7, 11) is 0. The van der Waals surface area contributed by atoms with Gasteiger partial charge in [0.2, 0.25) is 5.82 Å². The summed E-state index contributed by atoms with van der Waals surface area (Å²) in [4.78, 5) is 14.3. The molecule has 0 saturated heterocycles. The number of hydrogen-bond acceptors (Lipinski definition) is 9. The van der Waals surface area contributed by atoms with Gasteiger partial charge in [0.05, 0.1) is 4.92 Å². The van der Waals surface area contributed by atoms with Gasteiger partial charge in [0.25, 0.3) is 5.88 Å². The van der Waals surface area contributed by atoms with Crippen molar-refractivity contribution in [1.29, 1.82) is 5.26 Å². The van der Waals surface area contributed by atoms with Crippen LogP contribution < -0.4 is 10.1 Å². The molecule has 2 N–H and O–H groups in total. The molecule has 0 saturated carbocycles. The predicted octanol–water partition coefficient (Wildman–Crippen LogP) is 2.27. The fourth-order valence-electron chi connectivity index (χ4n) is 1.94. The Balaban J connectivity index is 1.79. The van der Waals surface area contributed by atoms with Crippen molar-refractivity contribution in [3.63, 3.8) is 0 Å². The number of anilines is 1. The summed E-state index contributed by atoms with van der Waals surface area (Å²) in [6.45, 7) is 0. The minimum absolute atomic E-state index is 0.116. The molecule has 0 atom stereocenters. The molecule has 0 amide bonds. The SMILES string of the molecule is N#CC(=CNc1cccc(Oc2ncccc2[N+](=O)[O-])c1)c1nn[nH]n1. The lowest BCUT2D eigenvalue weighted by atomic mass is 10.2. The van der Waals surface area contributed by atoms with Gasteiger partial charge >= 0.3 is 5.69 Å². The fourth-order valence-corrected chi connectivity index (χ4v) is 1.94. The van der Waals surface area contributed by atoms with Crippen LogP contribution in [0, 0.1) is 21.4 Å². The van der Waals surface area contributed by atoms with Crippen molar-refractivity contribution in [2.45, 2.75) is 0 Å². The van der Waals surface area contributed by atoms with Crippen LogP contribution in [0.3, 0.4) is 0 Å². The molecule has 128 valence electrons. The number of pyridine rings is 1. The number of aromatic nitrogens is 5. The summed E-state index contributed by atoms with van der Waals surface area (Å²) in [5.74, 6) is 0.370. The standard InChI is InChI=1S/C15H10N8O3/c16-8-10(14-19-21-22-20-14)9-18-11-3-1-4-12(7-11)26-15-13(23(24)25)5-2-6-17-15/h1-7,9,18H,(H,19,20,21,22). The number of H-pyrrole nitrogens is 1. The number of nitrogens with zero attached hydrogens (tertiary/aromatic N) is 6. The lowest BCUT2D eigenvalue weighted by Gasteiger charge is -2.07. The number of tetrazole rings is 1. The first-order valence-corrected chi connectivity index (χ1v) is 7.15. The Kier molecular flexibility index (Phi) is 4.76. The number of rotatable bonds is 6. The molecular weight excluding hydrogens is 340 g/mol. The van der Waals surface area contributed by atoms with Gasteiger partial charge in [-0.15, -0.1) is 10.2 Å². The van der Waals surface area contributed by atoms with E-state index in [2.05, 4.69) is 30.9 Å². The Morgan fingerprint density at radius 2 is 2.27 bits per heavy atom. The van der Waals surface area contributed by atoms with Crippen LogP contribution in [0.15, 0.2) is 48.8 Å². The van der Waals surface area contributed by atoms with E-state index in [-0.39, 0.29) is 23.0 Å². The van der Waals surface area contributed by atoms with E-state index >= 15 is 0 Å². The smallest absolute Gasteiger partial charge is 0.331 e. The van der Waals surface area contributed by atoms with Crippen LogP contribution in [0.2, 0.25) is 0 Å². The van der Waals surface area contributed by atoms with Crippen molar-refractivity contribution in [1.82, 2.24) is 25.6 Å². The van der Waals surface area contributed by atoms with E-state index in [0.29, 0.717) is 11.4 Å². The normalized spacial score (nSPS) is 10.8. The van der Waals surface area contributed by atoms with Gasteiger partial charge in [-0.1, -0.05) is 6.07 Å². The average Bonchev–Trinajstić information content (AvgIpc) is 3.17. The third-order valence-electron chi connectivity index (χ3n) is 3.09. The third kappa shape index (κ3) is 3.77. The van der Waals surface area contributed by atoms with E-state index in [1.165, 1.54) is 24.5 Å². The second-order valence-corrected chi connectivity index (χ2v) is 4.76. The predicted molar refractivity (Wildman–Crippen MR) is 88.8 cm³/mol. The van der Waals surface area contributed by atoms with E-state index in [4.69, 9.17) is 10.00 Å². The van der Waals surface area contributed by atoms with Gasteiger partial charge in [0.15, 0.2) is 0 Å². The zero-order valence-electron chi connectivity index (χ0n) is 13.0. The van der Waals surface area contributed by atoms with Crippen LogP contribution in [0.4, 0.5) is 11.4 Å². The van der Waals surface area contributed by atoms with Crippen molar-refractivity contribution in [2.24, 2.45) is 0 Å². The highest BCUT2D eigenvalue weighted by molar-refractivity contribution is 5.74. The van der Waals surface area contributed by atoms with Crippen LogP contribution in [0.5, 0.6) is 11.6 Å². The third-order valence-corrected chi connectivity index (χ3v) is 3.09. The molecule has 0 unspecified atom stereocenters. The minimum Gasteiger partial charge on any atom is -0.434 e. The average molecular weight is 350 g/mol. The van der Waals surface area contributed by atoms with E-state index in [0.717, 1.165) is 0 Å². The van der Waals surface area contributed by atoms with E-state index in [1.54, 1.807) is 24.3 Å². The van der Waals surface area contributed by atoms with Crippen molar-refractivity contribution >= 4 is 16.9 Å². The highest BCUT2D eigenvalue weighted by atomic mass is 16.6. The lowest BCUT2D eigenvalue weighted by Crippen LogP contribution is -1.96. The maximum atomic E-state index is 11.0. The van der Waals surface area contributed by atoms with Crippen molar-refractivity contribution < 1.29 is 9.66 Å². The van der Waals surface area contributed by atoms with Crippen LogP contribution >= 0.6 is 0 Å². The Morgan fingerprint density at radius 3 is 3.00 bits per heavy atom. The number of ether oxygens (including phenoxy) is 1. The Hall–Kier alpha value is -4.33. The molecule has 0 aliphatic carbocycles. The van der Waals surface area contributed by atoms with Gasteiger partial charge in [-0.3, -0.25) is 10.1 Å². The molecule has 0 aliphatic rings. The molecule has 0 aliphatic heterocycles. The highest BCUT2D eigenvalue weighted by Gasteiger charge is 2.16. The fraction of sp³-hybridized carbons (Fsp3) is 0. The maximum Gasteiger partial charge on any atom is 0.331 e. The quantitative estimate of drug-likeness (QED) is 0.386. The van der Waals surface area contributed by atoms with Gasteiger partial charge in [-0.2, -0.15) is 10.5 Å². The molecule has 0 bridgehead atoms. The van der Waals surface area contributed by atoms with Crippen LogP contribution in [0.25, 0.3) is 5.57 Å². The van der Waals surface area contributed by atoms with Gasteiger partial charge < -0.3 is 10.1 Å². The molecular formula is C15H10N8O3. The molecule has 0 spiro atoms. The van der Waals surface area contributed by atoms with E-state index in [1.807, 2.05) is 6.07 Å². The first kappa shape index (κ1) is 16.5. The summed E-state index contributed by atoms with van der Waals surface area (Å²) >= 11 is 0. The summed E-state index contributed by atoms with van der Waals surface area (Å²) in [5.41, 5.74) is 0.511. The molecule has 11 nitrogen and oxygen atoms in total. The largest absolute Gasteiger partial charge is 0.434 e. The number of nitrogens with one attached hydrogen (secondary N) is 2. The Bertz CT molecular complexity index is 994.